The molecule has 1 fully saturated rings. The third-order valence-corrected chi connectivity index (χ3v) is 4.47. The molecule has 1 heterocycles. The number of hydrogen-bond acceptors (Lipinski definition) is 3. The Morgan fingerprint density at radius 2 is 1.69 bits per heavy atom. The summed E-state index contributed by atoms with van der Waals surface area (Å²) < 4.78 is 0. The van der Waals surface area contributed by atoms with Crippen molar-refractivity contribution >= 4 is 34.8 Å². The highest BCUT2D eigenvalue weighted by molar-refractivity contribution is 7.80. The second kappa shape index (κ2) is 8.10. The van der Waals surface area contributed by atoms with Gasteiger partial charge in [-0.1, -0.05) is 23.8 Å². The lowest BCUT2D eigenvalue weighted by Crippen LogP contribution is -2.34. The van der Waals surface area contributed by atoms with Gasteiger partial charge in [0.1, 0.15) is 0 Å². The Bertz CT molecular complexity index is 844. The van der Waals surface area contributed by atoms with E-state index in [-0.39, 0.29) is 16.9 Å². The Labute approximate surface area is 158 Å². The maximum absolute atomic E-state index is 12.5. The normalized spacial score (nSPS) is 13.3. The van der Waals surface area contributed by atoms with Crippen LogP contribution in [0.3, 0.4) is 0 Å². The van der Waals surface area contributed by atoms with Crippen molar-refractivity contribution < 1.29 is 9.59 Å². The molecule has 0 radical (unpaired) electrons. The van der Waals surface area contributed by atoms with Gasteiger partial charge < -0.3 is 10.2 Å². The highest BCUT2D eigenvalue weighted by atomic mass is 32.1. The van der Waals surface area contributed by atoms with E-state index >= 15 is 0 Å². The van der Waals surface area contributed by atoms with Gasteiger partial charge >= 0.3 is 0 Å². The number of anilines is 1. The fraction of sp³-hybridized carbons (Fsp3) is 0.250. The predicted octanol–water partition coefficient (Wildman–Crippen LogP) is 3.36. The molecule has 5 nitrogen and oxygen atoms in total. The summed E-state index contributed by atoms with van der Waals surface area (Å²) in [4.78, 5) is 26.6. The topological polar surface area (TPSA) is 61.4 Å². The van der Waals surface area contributed by atoms with Gasteiger partial charge in [0, 0.05) is 29.9 Å². The van der Waals surface area contributed by atoms with Crippen LogP contribution >= 0.6 is 12.2 Å². The fourth-order valence-electron chi connectivity index (χ4n) is 2.96. The lowest BCUT2D eigenvalue weighted by molar-refractivity contribution is 0.0792. The number of nitrogens with zero attached hydrogens (tertiary/aromatic N) is 1. The number of thiocarbonyl (C=S) groups is 1. The number of aryl methyl sites for hydroxylation is 1. The van der Waals surface area contributed by atoms with Crippen LogP contribution in [0.25, 0.3) is 0 Å². The summed E-state index contributed by atoms with van der Waals surface area (Å²) in [6.45, 7) is 3.54. The van der Waals surface area contributed by atoms with Crippen molar-refractivity contribution in [2.24, 2.45) is 0 Å². The number of carbonyl (C=O) groups is 2. The number of rotatable bonds is 3. The first-order valence-electron chi connectivity index (χ1n) is 8.61. The molecule has 3 rings (SSSR count). The first-order chi connectivity index (χ1) is 12.5. The quantitative estimate of drug-likeness (QED) is 0.817. The Morgan fingerprint density at radius 3 is 2.42 bits per heavy atom. The molecule has 1 aliphatic rings. The molecular formula is C20H21N3O2S. The number of carbonyl (C=O) groups excluding carboxylic acids is 2. The molecule has 6 heteroatoms. The minimum Gasteiger partial charge on any atom is -0.339 e. The van der Waals surface area contributed by atoms with Gasteiger partial charge in [-0.3, -0.25) is 14.9 Å². The Kier molecular flexibility index (Phi) is 5.63. The summed E-state index contributed by atoms with van der Waals surface area (Å²) in [5, 5.41) is 5.83. The van der Waals surface area contributed by atoms with Gasteiger partial charge in [0.25, 0.3) is 11.8 Å². The van der Waals surface area contributed by atoms with Gasteiger partial charge in [-0.05, 0) is 62.3 Å². The molecule has 134 valence electrons. The van der Waals surface area contributed by atoms with Crippen LogP contribution in [0.2, 0.25) is 0 Å². The number of likely N-dealkylation sites (tertiary alicyclic amines) is 1. The van der Waals surface area contributed by atoms with E-state index in [4.69, 9.17) is 12.2 Å². The highest BCUT2D eigenvalue weighted by Gasteiger charge is 2.19. The van der Waals surface area contributed by atoms with Gasteiger partial charge in [0.2, 0.25) is 0 Å². The largest absolute Gasteiger partial charge is 0.339 e. The third kappa shape index (κ3) is 4.46. The Balaban J connectivity index is 1.63. The van der Waals surface area contributed by atoms with E-state index in [0.717, 1.165) is 31.5 Å². The van der Waals surface area contributed by atoms with Gasteiger partial charge in [-0.2, -0.15) is 0 Å². The lowest BCUT2D eigenvalue weighted by Gasteiger charge is -2.16. The van der Waals surface area contributed by atoms with Crippen LogP contribution in [0.4, 0.5) is 5.69 Å². The van der Waals surface area contributed by atoms with E-state index < -0.39 is 0 Å². The molecule has 2 N–H and O–H groups in total. The summed E-state index contributed by atoms with van der Waals surface area (Å²) in [5.41, 5.74) is 2.84. The molecule has 0 atom stereocenters. The Morgan fingerprint density at radius 1 is 1.00 bits per heavy atom. The van der Waals surface area contributed by atoms with Crippen molar-refractivity contribution in [1.82, 2.24) is 10.2 Å². The number of hydrogen-bond donors (Lipinski definition) is 2. The van der Waals surface area contributed by atoms with Crippen LogP contribution in [0, 0.1) is 6.92 Å². The standard InChI is InChI=1S/C20H21N3O2S/c1-14-6-4-7-15(12-14)18(24)22-20(26)21-17-9-5-8-16(13-17)19(25)23-10-2-3-11-23/h4-9,12-13H,2-3,10-11H2,1H3,(H2,21,22,24,26). The number of benzene rings is 2. The molecule has 0 spiro atoms. The second-order valence-corrected chi connectivity index (χ2v) is 6.77. The Hall–Kier alpha value is -2.73. The van der Waals surface area contributed by atoms with Crippen molar-refractivity contribution in [1.29, 1.82) is 0 Å². The molecule has 0 aromatic heterocycles. The van der Waals surface area contributed by atoms with Crippen LogP contribution in [0.1, 0.15) is 39.1 Å². The smallest absolute Gasteiger partial charge is 0.257 e. The predicted molar refractivity (Wildman–Crippen MR) is 106 cm³/mol. The van der Waals surface area contributed by atoms with Crippen LogP contribution in [0.5, 0.6) is 0 Å². The first kappa shape index (κ1) is 18.1. The van der Waals surface area contributed by atoms with Crippen LogP contribution in [0.15, 0.2) is 48.5 Å². The molecule has 0 bridgehead atoms. The van der Waals surface area contributed by atoms with Gasteiger partial charge in [-0.25, -0.2) is 0 Å². The zero-order valence-electron chi connectivity index (χ0n) is 14.6. The summed E-state index contributed by atoms with van der Waals surface area (Å²) >= 11 is 5.22. The minimum atomic E-state index is -0.268. The molecular weight excluding hydrogens is 346 g/mol. The molecule has 26 heavy (non-hydrogen) atoms. The molecule has 2 aromatic carbocycles. The van der Waals surface area contributed by atoms with Crippen LogP contribution in [-0.2, 0) is 0 Å². The lowest BCUT2D eigenvalue weighted by atomic mass is 10.1. The highest BCUT2D eigenvalue weighted by Crippen LogP contribution is 2.16. The minimum absolute atomic E-state index is 0.0286. The SMILES string of the molecule is Cc1cccc(C(=O)NC(=S)Nc2cccc(C(=O)N3CCCC3)c2)c1. The van der Waals surface area contributed by atoms with Gasteiger partial charge in [0.05, 0.1) is 0 Å². The van der Waals surface area contributed by atoms with Gasteiger partial charge in [0.15, 0.2) is 5.11 Å². The van der Waals surface area contributed by atoms with E-state index in [1.165, 1.54) is 0 Å². The monoisotopic (exact) mass is 367 g/mol. The van der Waals surface area contributed by atoms with Crippen molar-refractivity contribution in [2.45, 2.75) is 19.8 Å². The summed E-state index contributed by atoms with van der Waals surface area (Å²) in [6, 6.07) is 14.5. The number of nitrogens with one attached hydrogen (secondary N) is 2. The second-order valence-electron chi connectivity index (χ2n) is 6.36. The van der Waals surface area contributed by atoms with Crippen LogP contribution in [-0.4, -0.2) is 34.9 Å². The molecule has 0 unspecified atom stereocenters. The fourth-order valence-corrected chi connectivity index (χ4v) is 3.17. The van der Waals surface area contributed by atoms with Crippen molar-refractivity contribution in [3.63, 3.8) is 0 Å². The van der Waals surface area contributed by atoms with Crippen molar-refractivity contribution in [2.75, 3.05) is 18.4 Å². The van der Waals surface area contributed by atoms with E-state index in [0.29, 0.717) is 16.8 Å². The first-order valence-corrected chi connectivity index (χ1v) is 9.02. The third-order valence-electron chi connectivity index (χ3n) is 4.27. The summed E-state index contributed by atoms with van der Waals surface area (Å²) in [7, 11) is 0. The zero-order chi connectivity index (χ0) is 18.5. The molecule has 2 amide bonds. The van der Waals surface area contributed by atoms with E-state index in [2.05, 4.69) is 10.6 Å². The zero-order valence-corrected chi connectivity index (χ0v) is 15.4. The molecule has 1 saturated heterocycles. The van der Waals surface area contributed by atoms with Gasteiger partial charge in [-0.15, -0.1) is 0 Å². The molecule has 0 aliphatic carbocycles. The summed E-state index contributed by atoms with van der Waals surface area (Å²) in [6.07, 6.45) is 2.11. The van der Waals surface area contributed by atoms with E-state index in [1.54, 1.807) is 30.3 Å². The average Bonchev–Trinajstić information content (AvgIpc) is 3.16. The summed E-state index contributed by atoms with van der Waals surface area (Å²) in [5.74, 6) is -0.239. The molecule has 1 aliphatic heterocycles. The molecule has 2 aromatic rings. The van der Waals surface area contributed by atoms with Crippen molar-refractivity contribution in [3.05, 3.63) is 65.2 Å². The van der Waals surface area contributed by atoms with Crippen LogP contribution < -0.4 is 10.6 Å². The van der Waals surface area contributed by atoms with Crippen molar-refractivity contribution in [3.8, 4) is 0 Å². The van der Waals surface area contributed by atoms with E-state index in [9.17, 15) is 9.59 Å². The van der Waals surface area contributed by atoms with E-state index in [1.807, 2.05) is 30.0 Å². The maximum atomic E-state index is 12.5. The molecule has 0 saturated carbocycles. The number of amides is 2. The average molecular weight is 367 g/mol. The maximum Gasteiger partial charge on any atom is 0.257 e.